The molecule has 220 valence electrons. The van der Waals surface area contributed by atoms with E-state index in [0.29, 0.717) is 43.7 Å². The van der Waals surface area contributed by atoms with Gasteiger partial charge in [-0.05, 0) is 57.3 Å². The molecule has 13 heteroatoms. The van der Waals surface area contributed by atoms with E-state index in [-0.39, 0.29) is 44.8 Å². The summed E-state index contributed by atoms with van der Waals surface area (Å²) < 4.78 is 0. The highest BCUT2D eigenvalue weighted by atomic mass is 35.5. The van der Waals surface area contributed by atoms with E-state index in [1.54, 1.807) is 53.4 Å². The predicted octanol–water partition coefficient (Wildman–Crippen LogP) is 4.06. The molecule has 0 bridgehead atoms. The third kappa shape index (κ3) is 7.96. The Morgan fingerprint density at radius 3 is 2.55 bits per heavy atom. The number of nitrogens with one attached hydrogen (secondary N) is 4. The molecule has 2 aromatic carbocycles. The molecule has 1 aliphatic rings. The van der Waals surface area contributed by atoms with Crippen LogP contribution in [0.1, 0.15) is 44.0 Å². The SMILES string of the molecule is CN(C)CC=CC(=O)Nc1cccc(C(=O)N2CCCC(NC(=O)c3[nH]ncc3NC(=O)c3c(Cl)cccc3Cl)C2)c1. The monoisotopic (exact) mass is 611 g/mol. The normalized spacial score (nSPS) is 15.1. The Morgan fingerprint density at radius 2 is 1.81 bits per heavy atom. The summed E-state index contributed by atoms with van der Waals surface area (Å²) >= 11 is 12.3. The van der Waals surface area contributed by atoms with Crippen LogP contribution in [0.5, 0.6) is 0 Å². The van der Waals surface area contributed by atoms with E-state index in [2.05, 4.69) is 26.1 Å². The van der Waals surface area contributed by atoms with Gasteiger partial charge in [0.15, 0.2) is 0 Å². The summed E-state index contributed by atoms with van der Waals surface area (Å²) in [5, 5.41) is 15.2. The number of carbonyl (C=O) groups excluding carboxylic acids is 4. The van der Waals surface area contributed by atoms with Crippen LogP contribution in [0.25, 0.3) is 0 Å². The van der Waals surface area contributed by atoms with Crippen molar-refractivity contribution in [1.82, 2.24) is 25.3 Å². The number of hydrogen-bond acceptors (Lipinski definition) is 6. The van der Waals surface area contributed by atoms with Crippen LogP contribution in [-0.2, 0) is 4.79 Å². The number of aromatic amines is 1. The predicted molar refractivity (Wildman–Crippen MR) is 162 cm³/mol. The van der Waals surface area contributed by atoms with Crippen molar-refractivity contribution in [1.29, 1.82) is 0 Å². The molecule has 1 atom stereocenters. The Labute approximate surface area is 253 Å². The number of H-pyrrole nitrogens is 1. The Kier molecular flexibility index (Phi) is 10.3. The summed E-state index contributed by atoms with van der Waals surface area (Å²) in [6.07, 6.45) is 5.87. The summed E-state index contributed by atoms with van der Waals surface area (Å²) in [5.74, 6) is -1.57. The second kappa shape index (κ2) is 14.1. The first-order valence-electron chi connectivity index (χ1n) is 13.2. The maximum atomic E-state index is 13.3. The summed E-state index contributed by atoms with van der Waals surface area (Å²) in [6.45, 7) is 1.45. The maximum absolute atomic E-state index is 13.3. The number of aromatic nitrogens is 2. The average molecular weight is 613 g/mol. The molecule has 0 radical (unpaired) electrons. The molecule has 11 nitrogen and oxygen atoms in total. The maximum Gasteiger partial charge on any atom is 0.271 e. The van der Waals surface area contributed by atoms with Gasteiger partial charge in [0.05, 0.1) is 27.5 Å². The van der Waals surface area contributed by atoms with Gasteiger partial charge in [-0.2, -0.15) is 5.10 Å². The fourth-order valence-corrected chi connectivity index (χ4v) is 5.03. The van der Waals surface area contributed by atoms with Gasteiger partial charge in [-0.25, -0.2) is 0 Å². The number of nitrogens with zero attached hydrogens (tertiary/aromatic N) is 3. The molecule has 2 heterocycles. The molecule has 1 fully saturated rings. The van der Waals surface area contributed by atoms with Gasteiger partial charge in [0, 0.05) is 43.0 Å². The third-order valence-electron chi connectivity index (χ3n) is 6.47. The lowest BCUT2D eigenvalue weighted by atomic mass is 10.0. The zero-order valence-electron chi connectivity index (χ0n) is 23.1. The Balaban J connectivity index is 1.37. The molecule has 1 unspecified atom stereocenters. The third-order valence-corrected chi connectivity index (χ3v) is 7.10. The Hall–Kier alpha value is -4.19. The zero-order chi connectivity index (χ0) is 30.2. The van der Waals surface area contributed by atoms with Crippen molar-refractivity contribution < 1.29 is 19.2 Å². The zero-order valence-corrected chi connectivity index (χ0v) is 24.6. The van der Waals surface area contributed by atoms with Crippen LogP contribution in [0.15, 0.2) is 60.8 Å². The van der Waals surface area contributed by atoms with Crippen LogP contribution < -0.4 is 16.0 Å². The summed E-state index contributed by atoms with van der Waals surface area (Å²) in [4.78, 5) is 55.0. The van der Waals surface area contributed by atoms with E-state index < -0.39 is 11.8 Å². The molecule has 0 saturated carbocycles. The van der Waals surface area contributed by atoms with Crippen molar-refractivity contribution >= 4 is 58.2 Å². The van der Waals surface area contributed by atoms with E-state index in [4.69, 9.17) is 23.2 Å². The molecule has 1 aromatic heterocycles. The van der Waals surface area contributed by atoms with Crippen molar-refractivity contribution in [3.63, 3.8) is 0 Å². The minimum absolute atomic E-state index is 0.0538. The van der Waals surface area contributed by atoms with Gasteiger partial charge in [0.2, 0.25) is 5.91 Å². The number of carbonyl (C=O) groups is 4. The second-order valence-corrected chi connectivity index (χ2v) is 10.8. The lowest BCUT2D eigenvalue weighted by Crippen LogP contribution is -2.49. The fourth-order valence-electron chi connectivity index (χ4n) is 4.46. The number of amides is 4. The standard InChI is InChI=1S/C29H31Cl2N7O4/c1-37(2)13-6-12-24(39)33-19-8-3-7-18(15-19)29(42)38-14-5-9-20(17-38)34-28(41)26-23(16-32-36-26)35-27(40)25-21(30)10-4-11-22(25)31/h3-4,6-8,10-12,15-16,20H,5,9,13-14,17H2,1-2H3,(H,32,36)(H,33,39)(H,34,41)(H,35,40). The van der Waals surface area contributed by atoms with Gasteiger partial charge in [0.1, 0.15) is 5.69 Å². The fraction of sp³-hybridized carbons (Fsp3) is 0.276. The molecule has 4 amide bonds. The molecule has 4 N–H and O–H groups in total. The minimum atomic E-state index is -0.585. The number of likely N-dealkylation sites (tertiary alicyclic amines) is 1. The van der Waals surface area contributed by atoms with Crippen molar-refractivity contribution in [2.45, 2.75) is 18.9 Å². The number of benzene rings is 2. The molecule has 1 saturated heterocycles. The summed E-state index contributed by atoms with van der Waals surface area (Å²) in [5.41, 5.74) is 1.23. The Bertz CT molecular complexity index is 1480. The van der Waals surface area contributed by atoms with Gasteiger partial charge in [0.25, 0.3) is 17.7 Å². The molecular formula is C29H31Cl2N7O4. The molecule has 3 aromatic rings. The first kappa shape index (κ1) is 30.8. The van der Waals surface area contributed by atoms with Gasteiger partial charge in [-0.15, -0.1) is 0 Å². The van der Waals surface area contributed by atoms with Gasteiger partial charge in [-0.3, -0.25) is 24.3 Å². The molecule has 0 spiro atoms. The highest BCUT2D eigenvalue weighted by Crippen LogP contribution is 2.26. The van der Waals surface area contributed by atoms with Crippen molar-refractivity contribution in [2.75, 3.05) is 44.4 Å². The topological polar surface area (TPSA) is 140 Å². The highest BCUT2D eigenvalue weighted by Gasteiger charge is 2.27. The van der Waals surface area contributed by atoms with Crippen LogP contribution in [0, 0.1) is 0 Å². The summed E-state index contributed by atoms with van der Waals surface area (Å²) in [7, 11) is 3.81. The van der Waals surface area contributed by atoms with Crippen molar-refractivity contribution in [3.8, 4) is 0 Å². The Morgan fingerprint density at radius 1 is 1.07 bits per heavy atom. The number of piperidine rings is 1. The second-order valence-electron chi connectivity index (χ2n) is 10.0. The number of anilines is 2. The van der Waals surface area contributed by atoms with E-state index in [1.807, 2.05) is 19.0 Å². The van der Waals surface area contributed by atoms with Crippen LogP contribution in [0.2, 0.25) is 10.0 Å². The van der Waals surface area contributed by atoms with Crippen LogP contribution in [-0.4, -0.2) is 83.4 Å². The smallest absolute Gasteiger partial charge is 0.271 e. The first-order valence-corrected chi connectivity index (χ1v) is 14.0. The highest BCUT2D eigenvalue weighted by molar-refractivity contribution is 6.40. The quantitative estimate of drug-likeness (QED) is 0.269. The molecule has 1 aliphatic heterocycles. The molecular weight excluding hydrogens is 581 g/mol. The number of hydrogen-bond donors (Lipinski definition) is 4. The molecule has 4 rings (SSSR count). The molecule has 42 heavy (non-hydrogen) atoms. The van der Waals surface area contributed by atoms with Gasteiger partial charge in [-0.1, -0.05) is 41.4 Å². The van der Waals surface area contributed by atoms with Crippen molar-refractivity contribution in [2.24, 2.45) is 0 Å². The van der Waals surface area contributed by atoms with Crippen molar-refractivity contribution in [3.05, 3.63) is 87.7 Å². The van der Waals surface area contributed by atoms with E-state index in [1.165, 1.54) is 12.3 Å². The van der Waals surface area contributed by atoms with Crippen LogP contribution in [0.3, 0.4) is 0 Å². The van der Waals surface area contributed by atoms with Gasteiger partial charge >= 0.3 is 0 Å². The van der Waals surface area contributed by atoms with E-state index >= 15 is 0 Å². The average Bonchev–Trinajstić information content (AvgIpc) is 3.41. The largest absolute Gasteiger partial charge is 0.346 e. The minimum Gasteiger partial charge on any atom is -0.346 e. The number of likely N-dealkylation sites (N-methyl/N-ethyl adjacent to an activating group) is 1. The van der Waals surface area contributed by atoms with Crippen LogP contribution in [0.4, 0.5) is 11.4 Å². The first-order chi connectivity index (χ1) is 20.1. The number of rotatable bonds is 9. The van der Waals surface area contributed by atoms with E-state index in [9.17, 15) is 19.2 Å². The van der Waals surface area contributed by atoms with Crippen LogP contribution >= 0.6 is 23.2 Å². The number of halogens is 2. The summed E-state index contributed by atoms with van der Waals surface area (Å²) in [6, 6.07) is 11.1. The lowest BCUT2D eigenvalue weighted by Gasteiger charge is -2.33. The molecule has 0 aliphatic carbocycles. The van der Waals surface area contributed by atoms with Gasteiger partial charge < -0.3 is 25.8 Å². The lowest BCUT2D eigenvalue weighted by molar-refractivity contribution is -0.111. The van der Waals surface area contributed by atoms with E-state index in [0.717, 1.165) is 0 Å².